The van der Waals surface area contributed by atoms with E-state index in [1.54, 1.807) is 12.1 Å². The first-order valence-corrected chi connectivity index (χ1v) is 7.30. The van der Waals surface area contributed by atoms with Crippen molar-refractivity contribution < 1.29 is 13.9 Å². The van der Waals surface area contributed by atoms with Gasteiger partial charge in [0.05, 0.1) is 0 Å². The normalized spacial score (nSPS) is 12.0. The number of rotatable bonds is 4. The Bertz CT molecular complexity index is 676. The highest BCUT2D eigenvalue weighted by Crippen LogP contribution is 2.34. The van der Waals surface area contributed by atoms with Crippen molar-refractivity contribution in [2.24, 2.45) is 0 Å². The van der Waals surface area contributed by atoms with Gasteiger partial charge in [0.15, 0.2) is 16.6 Å². The minimum absolute atomic E-state index is 0.225. The Morgan fingerprint density at radius 1 is 1.09 bits per heavy atom. The summed E-state index contributed by atoms with van der Waals surface area (Å²) in [6, 6.07) is 12.0. The van der Waals surface area contributed by atoms with Gasteiger partial charge in [0.2, 0.25) is 6.79 Å². The van der Waals surface area contributed by atoms with Gasteiger partial charge in [-0.05, 0) is 48.5 Å². The van der Waals surface area contributed by atoms with E-state index in [4.69, 9.17) is 21.7 Å². The summed E-state index contributed by atoms with van der Waals surface area (Å²) in [6.45, 7) is 0.918. The van der Waals surface area contributed by atoms with Crippen LogP contribution in [0, 0.1) is 5.82 Å². The summed E-state index contributed by atoms with van der Waals surface area (Å²) in [6.07, 6.45) is 0.767. The molecule has 2 N–H and O–H groups in total. The summed E-state index contributed by atoms with van der Waals surface area (Å²) >= 11 is 5.25. The third-order valence-electron chi connectivity index (χ3n) is 3.24. The van der Waals surface area contributed by atoms with Crippen molar-refractivity contribution in [2.75, 3.05) is 18.7 Å². The molecule has 0 radical (unpaired) electrons. The highest BCUT2D eigenvalue weighted by Gasteiger charge is 2.13. The summed E-state index contributed by atoms with van der Waals surface area (Å²) in [5, 5.41) is 6.74. The molecule has 0 amide bonds. The lowest BCUT2D eigenvalue weighted by Gasteiger charge is -2.11. The molecule has 2 aromatic rings. The average Bonchev–Trinajstić information content (AvgIpc) is 2.97. The van der Waals surface area contributed by atoms with Crippen LogP contribution in [0.1, 0.15) is 5.56 Å². The molecule has 0 saturated carbocycles. The van der Waals surface area contributed by atoms with Crippen molar-refractivity contribution in [2.45, 2.75) is 6.42 Å². The molecule has 0 saturated heterocycles. The maximum Gasteiger partial charge on any atom is 0.231 e. The van der Waals surface area contributed by atoms with Gasteiger partial charge >= 0.3 is 0 Å². The van der Waals surface area contributed by atoms with Gasteiger partial charge in [-0.1, -0.05) is 12.1 Å². The monoisotopic (exact) mass is 318 g/mol. The molecule has 4 nitrogen and oxygen atoms in total. The molecule has 0 aliphatic carbocycles. The summed E-state index contributed by atoms with van der Waals surface area (Å²) in [5.41, 5.74) is 1.89. The van der Waals surface area contributed by atoms with Crippen molar-refractivity contribution in [3.05, 3.63) is 53.8 Å². The van der Waals surface area contributed by atoms with Crippen LogP contribution in [0.15, 0.2) is 42.5 Å². The van der Waals surface area contributed by atoms with E-state index in [9.17, 15) is 4.39 Å². The number of hydrogen-bond donors (Lipinski definition) is 2. The second-order valence-electron chi connectivity index (χ2n) is 4.83. The van der Waals surface area contributed by atoms with E-state index in [0.29, 0.717) is 17.4 Å². The number of halogens is 1. The van der Waals surface area contributed by atoms with Gasteiger partial charge in [-0.3, -0.25) is 0 Å². The third-order valence-corrected chi connectivity index (χ3v) is 3.49. The number of thiocarbonyl (C=S) groups is 1. The van der Waals surface area contributed by atoms with Crippen LogP contribution in [0.25, 0.3) is 0 Å². The number of hydrogen-bond acceptors (Lipinski definition) is 3. The standard InChI is InChI=1S/C16H15FN2O2S/c17-12-3-1-11(2-4-12)7-8-18-16(22)19-13-5-6-14-15(9-13)21-10-20-14/h1-6,9H,7-8,10H2,(H2,18,19,22). The predicted molar refractivity (Wildman–Crippen MR) is 86.9 cm³/mol. The van der Waals surface area contributed by atoms with Gasteiger partial charge in [-0.2, -0.15) is 0 Å². The highest BCUT2D eigenvalue weighted by atomic mass is 32.1. The number of nitrogens with one attached hydrogen (secondary N) is 2. The fourth-order valence-corrected chi connectivity index (χ4v) is 2.34. The van der Waals surface area contributed by atoms with Gasteiger partial charge in [0.25, 0.3) is 0 Å². The molecule has 2 aromatic carbocycles. The third kappa shape index (κ3) is 3.65. The van der Waals surface area contributed by atoms with Crippen molar-refractivity contribution in [1.29, 1.82) is 0 Å². The molecule has 0 fully saturated rings. The molecule has 0 spiro atoms. The van der Waals surface area contributed by atoms with Crippen molar-refractivity contribution in [3.8, 4) is 11.5 Å². The first-order chi connectivity index (χ1) is 10.7. The molecule has 1 heterocycles. The number of benzene rings is 2. The van der Waals surface area contributed by atoms with Crippen molar-refractivity contribution in [3.63, 3.8) is 0 Å². The van der Waals surface area contributed by atoms with E-state index in [0.717, 1.165) is 23.4 Å². The van der Waals surface area contributed by atoms with E-state index in [-0.39, 0.29) is 12.6 Å². The largest absolute Gasteiger partial charge is 0.454 e. The summed E-state index contributed by atoms with van der Waals surface area (Å²) in [7, 11) is 0. The minimum Gasteiger partial charge on any atom is -0.454 e. The Balaban J connectivity index is 1.47. The molecule has 0 aromatic heterocycles. The summed E-state index contributed by atoms with van der Waals surface area (Å²) in [5.74, 6) is 1.22. The Morgan fingerprint density at radius 2 is 1.86 bits per heavy atom. The number of anilines is 1. The van der Waals surface area contributed by atoms with Gasteiger partial charge in [0.1, 0.15) is 5.82 Å². The lowest BCUT2D eigenvalue weighted by atomic mass is 10.1. The van der Waals surface area contributed by atoms with Crippen LogP contribution in [-0.2, 0) is 6.42 Å². The molecule has 3 rings (SSSR count). The molecule has 6 heteroatoms. The van der Waals surface area contributed by atoms with E-state index < -0.39 is 0 Å². The Kier molecular flexibility index (Phi) is 4.39. The number of fused-ring (bicyclic) bond motifs is 1. The molecule has 114 valence electrons. The Morgan fingerprint density at radius 3 is 2.68 bits per heavy atom. The predicted octanol–water partition coefficient (Wildman–Crippen LogP) is 3.08. The fraction of sp³-hybridized carbons (Fsp3) is 0.188. The van der Waals surface area contributed by atoms with E-state index in [1.807, 2.05) is 18.2 Å². The quantitative estimate of drug-likeness (QED) is 0.848. The molecule has 22 heavy (non-hydrogen) atoms. The van der Waals surface area contributed by atoms with Gasteiger partial charge in [-0.25, -0.2) is 4.39 Å². The van der Waals surface area contributed by atoms with E-state index in [2.05, 4.69) is 10.6 Å². The zero-order chi connectivity index (χ0) is 15.4. The van der Waals surface area contributed by atoms with Gasteiger partial charge < -0.3 is 20.1 Å². The zero-order valence-corrected chi connectivity index (χ0v) is 12.6. The van der Waals surface area contributed by atoms with Crippen molar-refractivity contribution >= 4 is 23.0 Å². The van der Waals surface area contributed by atoms with Gasteiger partial charge in [-0.15, -0.1) is 0 Å². The summed E-state index contributed by atoms with van der Waals surface area (Å²) < 4.78 is 23.4. The van der Waals surface area contributed by atoms with Crippen LogP contribution in [-0.4, -0.2) is 18.5 Å². The first-order valence-electron chi connectivity index (χ1n) is 6.90. The Hall–Kier alpha value is -2.34. The van der Waals surface area contributed by atoms with Crippen LogP contribution >= 0.6 is 12.2 Å². The first kappa shape index (κ1) is 14.6. The summed E-state index contributed by atoms with van der Waals surface area (Å²) in [4.78, 5) is 0. The van der Waals surface area contributed by atoms with Crippen LogP contribution in [0.4, 0.5) is 10.1 Å². The average molecular weight is 318 g/mol. The fourth-order valence-electron chi connectivity index (χ4n) is 2.12. The SMILES string of the molecule is Fc1ccc(CCNC(=S)Nc2ccc3c(c2)OCO3)cc1. The maximum absolute atomic E-state index is 12.8. The van der Waals surface area contributed by atoms with E-state index >= 15 is 0 Å². The molecule has 1 aliphatic heterocycles. The molecule has 0 atom stereocenters. The van der Waals surface area contributed by atoms with Crippen LogP contribution in [0.2, 0.25) is 0 Å². The van der Waals surface area contributed by atoms with Crippen LogP contribution in [0.3, 0.4) is 0 Å². The maximum atomic E-state index is 12.8. The second kappa shape index (κ2) is 6.62. The van der Waals surface area contributed by atoms with E-state index in [1.165, 1.54) is 12.1 Å². The topological polar surface area (TPSA) is 42.5 Å². The lowest BCUT2D eigenvalue weighted by Crippen LogP contribution is -2.30. The molecule has 1 aliphatic rings. The lowest BCUT2D eigenvalue weighted by molar-refractivity contribution is 0.174. The Labute approximate surface area is 133 Å². The smallest absolute Gasteiger partial charge is 0.231 e. The molecular formula is C16H15FN2O2S. The van der Waals surface area contributed by atoms with Crippen molar-refractivity contribution in [1.82, 2.24) is 5.32 Å². The van der Waals surface area contributed by atoms with Crippen LogP contribution in [0.5, 0.6) is 11.5 Å². The second-order valence-corrected chi connectivity index (χ2v) is 5.23. The molecule has 0 bridgehead atoms. The molecular weight excluding hydrogens is 303 g/mol. The highest BCUT2D eigenvalue weighted by molar-refractivity contribution is 7.80. The number of ether oxygens (including phenoxy) is 2. The van der Waals surface area contributed by atoms with Gasteiger partial charge in [0, 0.05) is 18.3 Å². The minimum atomic E-state index is -0.225. The zero-order valence-electron chi connectivity index (χ0n) is 11.8. The van der Waals surface area contributed by atoms with Crippen LogP contribution < -0.4 is 20.1 Å². The molecule has 0 unspecified atom stereocenters.